The molecule has 0 aromatic heterocycles. The molecule has 0 heterocycles. The van der Waals surface area contributed by atoms with Crippen molar-refractivity contribution in [2.24, 2.45) is 5.92 Å². The first-order chi connectivity index (χ1) is 10.8. The molecule has 0 spiro atoms. The van der Waals surface area contributed by atoms with Crippen LogP contribution in [0.4, 0.5) is 0 Å². The molecule has 1 aliphatic rings. The fraction of sp³-hybridized carbons (Fsp3) is 0.611. The van der Waals surface area contributed by atoms with Gasteiger partial charge < -0.3 is 14.7 Å². The Morgan fingerprint density at radius 1 is 1.18 bits per heavy atom. The maximum Gasteiger partial charge on any atom is 0.210 e. The van der Waals surface area contributed by atoms with Gasteiger partial charge in [0.25, 0.3) is 0 Å². The minimum Gasteiger partial charge on any atom is -0.491 e. The van der Waals surface area contributed by atoms with Gasteiger partial charge in [0.05, 0.1) is 6.61 Å². The van der Waals surface area contributed by atoms with Crippen LogP contribution in [-0.4, -0.2) is 36.2 Å². The van der Waals surface area contributed by atoms with Gasteiger partial charge in [-0.15, -0.1) is 0 Å². The van der Waals surface area contributed by atoms with Crippen molar-refractivity contribution in [3.05, 3.63) is 29.8 Å². The number of benzene rings is 1. The third-order valence-corrected chi connectivity index (χ3v) is 4.37. The fourth-order valence-corrected chi connectivity index (χ4v) is 3.08. The number of carbonyl (C=O) groups excluding carboxylic acids is 1. The molecule has 0 saturated heterocycles. The van der Waals surface area contributed by atoms with Gasteiger partial charge in [-0.25, -0.2) is 0 Å². The highest BCUT2D eigenvalue weighted by atomic mass is 16.5. The van der Waals surface area contributed by atoms with Crippen molar-refractivity contribution < 1.29 is 14.6 Å². The van der Waals surface area contributed by atoms with E-state index in [1.54, 1.807) is 0 Å². The van der Waals surface area contributed by atoms with Crippen LogP contribution in [0.2, 0.25) is 0 Å². The standard InChI is InChI=1S/C18H27NO3/c20-12-13-22-18-8-6-17(7-9-18)14-19(15-21)11-10-16-4-2-1-3-5-16/h6-9,15-16,20H,1-5,10-14H2. The van der Waals surface area contributed by atoms with Crippen LogP contribution in [0.15, 0.2) is 24.3 Å². The lowest BCUT2D eigenvalue weighted by Gasteiger charge is -2.24. The number of hydrogen-bond acceptors (Lipinski definition) is 3. The van der Waals surface area contributed by atoms with E-state index >= 15 is 0 Å². The molecule has 1 amide bonds. The number of ether oxygens (including phenoxy) is 1. The van der Waals surface area contributed by atoms with E-state index < -0.39 is 0 Å². The van der Waals surface area contributed by atoms with Crippen LogP contribution < -0.4 is 4.74 Å². The van der Waals surface area contributed by atoms with Crippen LogP contribution in [0, 0.1) is 5.92 Å². The van der Waals surface area contributed by atoms with E-state index in [1.165, 1.54) is 32.1 Å². The summed E-state index contributed by atoms with van der Waals surface area (Å²) in [6.07, 6.45) is 8.79. The number of nitrogens with zero attached hydrogens (tertiary/aromatic N) is 1. The van der Waals surface area contributed by atoms with Crippen molar-refractivity contribution in [2.45, 2.75) is 45.1 Å². The normalized spacial score (nSPS) is 15.5. The molecule has 1 aromatic carbocycles. The molecule has 0 aliphatic heterocycles. The molecule has 22 heavy (non-hydrogen) atoms. The second kappa shape index (κ2) is 9.46. The monoisotopic (exact) mass is 305 g/mol. The molecule has 1 aliphatic carbocycles. The zero-order valence-electron chi connectivity index (χ0n) is 13.2. The summed E-state index contributed by atoms with van der Waals surface area (Å²) in [7, 11) is 0. The molecule has 2 rings (SSSR count). The van der Waals surface area contributed by atoms with E-state index in [1.807, 2.05) is 29.2 Å². The van der Waals surface area contributed by atoms with Gasteiger partial charge in [0.2, 0.25) is 6.41 Å². The molecule has 1 N–H and O–H groups in total. The number of carbonyl (C=O) groups is 1. The summed E-state index contributed by atoms with van der Waals surface area (Å²) in [5.74, 6) is 1.54. The Morgan fingerprint density at radius 2 is 1.91 bits per heavy atom. The molecule has 1 saturated carbocycles. The van der Waals surface area contributed by atoms with Crippen LogP contribution in [0.3, 0.4) is 0 Å². The average Bonchev–Trinajstić information content (AvgIpc) is 2.58. The molecule has 122 valence electrons. The molecular weight excluding hydrogens is 278 g/mol. The second-order valence-electron chi connectivity index (χ2n) is 6.08. The topological polar surface area (TPSA) is 49.8 Å². The molecule has 0 atom stereocenters. The van der Waals surface area contributed by atoms with E-state index in [0.29, 0.717) is 13.2 Å². The minimum atomic E-state index is 0.0157. The van der Waals surface area contributed by atoms with E-state index in [-0.39, 0.29) is 6.61 Å². The quantitative estimate of drug-likeness (QED) is 0.714. The van der Waals surface area contributed by atoms with Gasteiger partial charge in [-0.3, -0.25) is 4.79 Å². The van der Waals surface area contributed by atoms with Gasteiger partial charge in [0, 0.05) is 13.1 Å². The predicted molar refractivity (Wildman–Crippen MR) is 86.7 cm³/mol. The SMILES string of the molecule is O=CN(CCC1CCCCC1)Cc1ccc(OCCO)cc1. The molecule has 0 unspecified atom stereocenters. The van der Waals surface area contributed by atoms with Crippen LogP contribution in [0.1, 0.15) is 44.1 Å². The highest BCUT2D eigenvalue weighted by Gasteiger charge is 2.14. The lowest BCUT2D eigenvalue weighted by Crippen LogP contribution is -2.25. The lowest BCUT2D eigenvalue weighted by molar-refractivity contribution is -0.118. The summed E-state index contributed by atoms with van der Waals surface area (Å²) < 4.78 is 5.34. The maximum absolute atomic E-state index is 11.3. The van der Waals surface area contributed by atoms with Crippen LogP contribution in [0.5, 0.6) is 5.75 Å². The van der Waals surface area contributed by atoms with E-state index in [4.69, 9.17) is 9.84 Å². The molecule has 4 heteroatoms. The predicted octanol–water partition coefficient (Wildman–Crippen LogP) is 2.99. The van der Waals surface area contributed by atoms with E-state index in [9.17, 15) is 4.79 Å². The number of aliphatic hydroxyl groups is 1. The number of hydrogen-bond donors (Lipinski definition) is 1. The van der Waals surface area contributed by atoms with Crippen molar-refractivity contribution in [1.29, 1.82) is 0 Å². The van der Waals surface area contributed by atoms with Crippen molar-refractivity contribution >= 4 is 6.41 Å². The molecule has 1 aromatic rings. The summed E-state index contributed by atoms with van der Waals surface area (Å²) in [5, 5.41) is 8.73. The van der Waals surface area contributed by atoms with Crippen molar-refractivity contribution in [2.75, 3.05) is 19.8 Å². The first-order valence-corrected chi connectivity index (χ1v) is 8.34. The largest absolute Gasteiger partial charge is 0.491 e. The highest BCUT2D eigenvalue weighted by molar-refractivity contribution is 5.47. The van der Waals surface area contributed by atoms with Gasteiger partial charge in [0.1, 0.15) is 12.4 Å². The molecular formula is C18H27NO3. The Labute approximate surface area is 133 Å². The van der Waals surface area contributed by atoms with Crippen molar-refractivity contribution in [1.82, 2.24) is 4.90 Å². The van der Waals surface area contributed by atoms with Crippen molar-refractivity contribution in [3.63, 3.8) is 0 Å². The van der Waals surface area contributed by atoms with Gasteiger partial charge in [-0.05, 0) is 30.0 Å². The van der Waals surface area contributed by atoms with Gasteiger partial charge in [0.15, 0.2) is 0 Å². The molecule has 4 nitrogen and oxygen atoms in total. The Kier molecular flexibility index (Phi) is 7.23. The summed E-state index contributed by atoms with van der Waals surface area (Å²) in [6.45, 7) is 1.82. The van der Waals surface area contributed by atoms with Gasteiger partial charge in [-0.1, -0.05) is 44.2 Å². The average molecular weight is 305 g/mol. The van der Waals surface area contributed by atoms with Gasteiger partial charge >= 0.3 is 0 Å². The Hall–Kier alpha value is -1.55. The first-order valence-electron chi connectivity index (χ1n) is 8.34. The number of amides is 1. The second-order valence-corrected chi connectivity index (χ2v) is 6.08. The number of aliphatic hydroxyl groups excluding tert-OH is 1. The Bertz CT molecular complexity index is 426. The van der Waals surface area contributed by atoms with Crippen molar-refractivity contribution in [3.8, 4) is 5.75 Å². The van der Waals surface area contributed by atoms with E-state index in [0.717, 1.165) is 36.6 Å². The smallest absolute Gasteiger partial charge is 0.210 e. The molecule has 0 bridgehead atoms. The third kappa shape index (κ3) is 5.68. The summed E-state index contributed by atoms with van der Waals surface area (Å²) in [6, 6.07) is 7.72. The highest BCUT2D eigenvalue weighted by Crippen LogP contribution is 2.26. The molecule has 0 radical (unpaired) electrons. The fourth-order valence-electron chi connectivity index (χ4n) is 3.08. The maximum atomic E-state index is 11.3. The Balaban J connectivity index is 1.77. The first kappa shape index (κ1) is 16.8. The zero-order chi connectivity index (χ0) is 15.6. The summed E-state index contributed by atoms with van der Waals surface area (Å²) in [4.78, 5) is 13.1. The Morgan fingerprint density at radius 3 is 2.55 bits per heavy atom. The van der Waals surface area contributed by atoms with Crippen LogP contribution in [-0.2, 0) is 11.3 Å². The zero-order valence-corrected chi connectivity index (χ0v) is 13.2. The molecule has 1 fully saturated rings. The van der Waals surface area contributed by atoms with Crippen LogP contribution in [0.25, 0.3) is 0 Å². The number of rotatable bonds is 9. The lowest BCUT2D eigenvalue weighted by atomic mass is 9.87. The van der Waals surface area contributed by atoms with Crippen LogP contribution >= 0.6 is 0 Å². The third-order valence-electron chi connectivity index (χ3n) is 4.37. The minimum absolute atomic E-state index is 0.0157. The summed E-state index contributed by atoms with van der Waals surface area (Å²) in [5.41, 5.74) is 1.10. The van der Waals surface area contributed by atoms with E-state index in [2.05, 4.69) is 0 Å². The van der Waals surface area contributed by atoms with Gasteiger partial charge in [-0.2, -0.15) is 0 Å². The summed E-state index contributed by atoms with van der Waals surface area (Å²) >= 11 is 0.